The summed E-state index contributed by atoms with van der Waals surface area (Å²) < 4.78 is 34.8. The molecule has 0 amide bonds. The first-order valence-corrected chi connectivity index (χ1v) is 12.1. The largest absolute Gasteiger partial charge is 0.411 e. The summed E-state index contributed by atoms with van der Waals surface area (Å²) in [5.74, 6) is -0.816. The van der Waals surface area contributed by atoms with E-state index in [1.54, 1.807) is 25.4 Å². The molecule has 0 bridgehead atoms. The Morgan fingerprint density at radius 2 is 1.95 bits per heavy atom. The Balaban J connectivity index is 1.77. The van der Waals surface area contributed by atoms with E-state index >= 15 is 0 Å². The van der Waals surface area contributed by atoms with Gasteiger partial charge in [0.15, 0.2) is 0 Å². The summed E-state index contributed by atoms with van der Waals surface area (Å²) in [5.41, 5.74) is 11.7. The minimum absolute atomic E-state index is 0.0857. The van der Waals surface area contributed by atoms with Gasteiger partial charge in [-0.1, -0.05) is 29.4 Å². The number of anilines is 1. The summed E-state index contributed by atoms with van der Waals surface area (Å²) in [4.78, 5) is 6.90. The van der Waals surface area contributed by atoms with Crippen LogP contribution in [0.2, 0.25) is 0 Å². The first kappa shape index (κ1) is 24.8. The average molecular weight is 503 g/mol. The summed E-state index contributed by atoms with van der Waals surface area (Å²) in [6, 6.07) is 15.2. The molecule has 2 unspecified atom stereocenters. The lowest BCUT2D eigenvalue weighted by Crippen LogP contribution is -2.51. The van der Waals surface area contributed by atoms with Crippen molar-refractivity contribution < 1.29 is 18.7 Å². The van der Waals surface area contributed by atoms with Crippen LogP contribution in [0, 0.1) is 18.6 Å². The lowest BCUT2D eigenvalue weighted by atomic mass is 9.94. The van der Waals surface area contributed by atoms with Crippen LogP contribution in [0.4, 0.5) is 14.5 Å². The number of hydrogen-bond acceptors (Lipinski definition) is 6. The minimum atomic E-state index is -0.495. The standard InChI is InChI=1S/C29H28F2N4O2/c1-17-10-19(12-20(30)11-17)23-14-33-27-7-6-18(21-4-3-5-25(31)24(21)15-34-36)13-22(27)29(23)35-9-8-26(32)28(16-35)37-2/h3-7,10-15,26,28,36H,8-9,16,32H2,1-2H3. The number of pyridine rings is 1. The van der Waals surface area contributed by atoms with E-state index in [0.717, 1.165) is 51.5 Å². The molecule has 190 valence electrons. The van der Waals surface area contributed by atoms with Crippen LogP contribution in [0.25, 0.3) is 33.2 Å². The molecule has 5 rings (SSSR count). The highest BCUT2D eigenvalue weighted by atomic mass is 19.1. The predicted molar refractivity (Wildman–Crippen MR) is 142 cm³/mol. The smallest absolute Gasteiger partial charge is 0.132 e. The number of nitrogens with zero attached hydrogens (tertiary/aromatic N) is 3. The van der Waals surface area contributed by atoms with Gasteiger partial charge in [-0.3, -0.25) is 4.98 Å². The Morgan fingerprint density at radius 3 is 2.70 bits per heavy atom. The topological polar surface area (TPSA) is 84.0 Å². The van der Waals surface area contributed by atoms with Crippen molar-refractivity contribution >= 4 is 22.8 Å². The fourth-order valence-corrected chi connectivity index (χ4v) is 5.15. The third-order valence-electron chi connectivity index (χ3n) is 6.97. The van der Waals surface area contributed by atoms with Crippen molar-refractivity contribution in [2.45, 2.75) is 25.5 Å². The van der Waals surface area contributed by atoms with Crippen LogP contribution in [0.1, 0.15) is 17.5 Å². The Kier molecular flexibility index (Phi) is 6.86. The van der Waals surface area contributed by atoms with Crippen molar-refractivity contribution in [1.29, 1.82) is 0 Å². The number of fused-ring (bicyclic) bond motifs is 1. The van der Waals surface area contributed by atoms with Gasteiger partial charge in [0.1, 0.15) is 11.6 Å². The number of ether oxygens (including phenoxy) is 1. The van der Waals surface area contributed by atoms with Gasteiger partial charge in [-0.2, -0.15) is 0 Å². The SMILES string of the molecule is COC1CN(c2c(-c3cc(C)cc(F)c3)cnc3ccc(-c4cccc(F)c4C=NO)cc23)CCC1N. The van der Waals surface area contributed by atoms with Crippen molar-refractivity contribution in [2.75, 3.05) is 25.1 Å². The van der Waals surface area contributed by atoms with Crippen molar-refractivity contribution in [3.05, 3.63) is 83.6 Å². The number of rotatable bonds is 5. The zero-order valence-electron chi connectivity index (χ0n) is 20.7. The normalized spacial score (nSPS) is 18.1. The van der Waals surface area contributed by atoms with Gasteiger partial charge in [-0.15, -0.1) is 0 Å². The number of methoxy groups -OCH3 is 1. The summed E-state index contributed by atoms with van der Waals surface area (Å²) in [5, 5.41) is 13.0. The molecule has 0 aliphatic carbocycles. The summed E-state index contributed by atoms with van der Waals surface area (Å²) in [6.07, 6.45) is 3.42. The van der Waals surface area contributed by atoms with Gasteiger partial charge >= 0.3 is 0 Å². The van der Waals surface area contributed by atoms with Gasteiger partial charge < -0.3 is 20.6 Å². The van der Waals surface area contributed by atoms with Gasteiger partial charge in [-0.25, -0.2) is 8.78 Å². The van der Waals surface area contributed by atoms with Gasteiger partial charge in [0.05, 0.1) is 23.5 Å². The highest BCUT2D eigenvalue weighted by Crippen LogP contribution is 2.40. The quantitative estimate of drug-likeness (QED) is 0.213. The molecule has 0 radical (unpaired) electrons. The number of nitrogens with two attached hydrogens (primary N) is 1. The van der Waals surface area contributed by atoms with E-state index in [1.807, 2.05) is 31.2 Å². The van der Waals surface area contributed by atoms with Gasteiger partial charge in [-0.05, 0) is 65.9 Å². The van der Waals surface area contributed by atoms with Gasteiger partial charge in [0.2, 0.25) is 0 Å². The minimum Gasteiger partial charge on any atom is -0.411 e. The Bertz CT molecular complexity index is 1470. The number of piperidine rings is 1. The van der Waals surface area contributed by atoms with Gasteiger partial charge in [0, 0.05) is 49.0 Å². The molecule has 0 spiro atoms. The van der Waals surface area contributed by atoms with E-state index < -0.39 is 5.82 Å². The Labute approximate surface area is 214 Å². The second-order valence-electron chi connectivity index (χ2n) is 9.39. The average Bonchev–Trinajstić information content (AvgIpc) is 2.89. The van der Waals surface area contributed by atoms with Gasteiger partial charge in [0.25, 0.3) is 0 Å². The van der Waals surface area contributed by atoms with Crippen LogP contribution in [0.5, 0.6) is 0 Å². The molecule has 3 N–H and O–H groups in total. The fraction of sp³-hybridized carbons (Fsp3) is 0.241. The molecule has 1 aliphatic rings. The molecule has 6 nitrogen and oxygen atoms in total. The predicted octanol–water partition coefficient (Wildman–Crippen LogP) is 5.52. The third-order valence-corrected chi connectivity index (χ3v) is 6.97. The van der Waals surface area contributed by atoms with Crippen molar-refractivity contribution in [1.82, 2.24) is 4.98 Å². The van der Waals surface area contributed by atoms with E-state index in [4.69, 9.17) is 20.7 Å². The van der Waals surface area contributed by atoms with E-state index in [2.05, 4.69) is 10.1 Å². The van der Waals surface area contributed by atoms with Crippen LogP contribution in [-0.2, 0) is 4.74 Å². The number of benzene rings is 3. The lowest BCUT2D eigenvalue weighted by molar-refractivity contribution is 0.0731. The van der Waals surface area contributed by atoms with Crippen LogP contribution in [0.15, 0.2) is 65.9 Å². The van der Waals surface area contributed by atoms with E-state index in [0.29, 0.717) is 18.7 Å². The molecular weight excluding hydrogens is 474 g/mol. The summed E-state index contributed by atoms with van der Waals surface area (Å²) in [7, 11) is 1.65. The molecule has 2 atom stereocenters. The molecule has 3 aromatic carbocycles. The molecule has 8 heteroatoms. The van der Waals surface area contributed by atoms with Crippen molar-refractivity contribution in [2.24, 2.45) is 10.9 Å². The molecular formula is C29H28F2N4O2. The van der Waals surface area contributed by atoms with Crippen LogP contribution >= 0.6 is 0 Å². The first-order chi connectivity index (χ1) is 17.9. The van der Waals surface area contributed by atoms with Crippen molar-refractivity contribution in [3.63, 3.8) is 0 Å². The summed E-state index contributed by atoms with van der Waals surface area (Å²) >= 11 is 0. The first-order valence-electron chi connectivity index (χ1n) is 12.1. The van der Waals surface area contributed by atoms with Crippen molar-refractivity contribution in [3.8, 4) is 22.3 Å². The zero-order valence-corrected chi connectivity index (χ0v) is 20.7. The molecule has 0 saturated carbocycles. The zero-order chi connectivity index (χ0) is 26.1. The van der Waals surface area contributed by atoms with Crippen LogP contribution in [-0.4, -0.2) is 48.8 Å². The molecule has 1 aromatic heterocycles. The highest BCUT2D eigenvalue weighted by Gasteiger charge is 2.29. The van der Waals surface area contributed by atoms with E-state index in [9.17, 15) is 8.78 Å². The molecule has 1 saturated heterocycles. The van der Waals surface area contributed by atoms with E-state index in [1.165, 1.54) is 18.2 Å². The number of oxime groups is 1. The maximum Gasteiger partial charge on any atom is 0.132 e. The molecule has 1 fully saturated rings. The number of halogens is 2. The maximum atomic E-state index is 14.6. The second kappa shape index (κ2) is 10.2. The lowest BCUT2D eigenvalue weighted by Gasteiger charge is -2.38. The molecule has 1 aliphatic heterocycles. The maximum absolute atomic E-state index is 14.6. The number of hydrogen-bond donors (Lipinski definition) is 2. The summed E-state index contributed by atoms with van der Waals surface area (Å²) in [6.45, 7) is 3.10. The van der Waals surface area contributed by atoms with Crippen LogP contribution < -0.4 is 10.6 Å². The van der Waals surface area contributed by atoms with Crippen LogP contribution in [0.3, 0.4) is 0 Å². The Morgan fingerprint density at radius 1 is 1.11 bits per heavy atom. The fourth-order valence-electron chi connectivity index (χ4n) is 5.15. The molecule has 4 aromatic rings. The third kappa shape index (κ3) is 4.77. The number of aryl methyl sites for hydroxylation is 1. The monoisotopic (exact) mass is 502 g/mol. The molecule has 2 heterocycles. The number of aromatic nitrogens is 1. The highest BCUT2D eigenvalue weighted by molar-refractivity contribution is 6.03. The van der Waals surface area contributed by atoms with E-state index in [-0.39, 0.29) is 23.5 Å². The second-order valence-corrected chi connectivity index (χ2v) is 9.39. The molecule has 37 heavy (non-hydrogen) atoms. The Hall–Kier alpha value is -3.88.